The summed E-state index contributed by atoms with van der Waals surface area (Å²) in [6.07, 6.45) is 1.45. The molecule has 0 unspecified atom stereocenters. The summed E-state index contributed by atoms with van der Waals surface area (Å²) in [7, 11) is 3.89. The number of anilines is 1. The van der Waals surface area contributed by atoms with E-state index in [1.807, 2.05) is 48.2 Å². The van der Waals surface area contributed by atoms with Crippen molar-refractivity contribution in [2.24, 2.45) is 11.8 Å². The first-order valence-electron chi connectivity index (χ1n) is 9.56. The fraction of sp³-hybridized carbons (Fsp3) is 0.650. The number of piperidine rings is 1. The summed E-state index contributed by atoms with van der Waals surface area (Å²) in [6, 6.07) is 7.69. The van der Waals surface area contributed by atoms with E-state index >= 15 is 0 Å². The molecule has 0 aliphatic carbocycles. The lowest BCUT2D eigenvalue weighted by molar-refractivity contribution is 0.0679. The minimum atomic E-state index is -0.177. The van der Waals surface area contributed by atoms with E-state index in [0.717, 1.165) is 43.7 Å². The Morgan fingerprint density at radius 3 is 2.46 bits per heavy atom. The van der Waals surface area contributed by atoms with E-state index < -0.39 is 0 Å². The molecule has 3 rings (SSSR count). The number of benzene rings is 1. The van der Waals surface area contributed by atoms with Crippen LogP contribution in [0.1, 0.15) is 23.2 Å². The maximum Gasteiger partial charge on any atom is 0.255 e. The van der Waals surface area contributed by atoms with Crippen LogP contribution in [0.3, 0.4) is 0 Å². The average molecular weight is 361 g/mol. The summed E-state index contributed by atoms with van der Waals surface area (Å²) in [4.78, 5) is 19.3. The minimum Gasteiger partial charge on any atom is -0.396 e. The molecule has 6 nitrogen and oxygen atoms in total. The highest BCUT2D eigenvalue weighted by Gasteiger charge is 2.37. The zero-order valence-corrected chi connectivity index (χ0v) is 15.8. The van der Waals surface area contributed by atoms with Crippen LogP contribution in [0.15, 0.2) is 24.3 Å². The Morgan fingerprint density at radius 2 is 1.81 bits per heavy atom. The monoisotopic (exact) mass is 361 g/mol. The Hall–Kier alpha value is -1.63. The molecule has 2 aliphatic heterocycles. The van der Waals surface area contributed by atoms with E-state index in [2.05, 4.69) is 4.90 Å². The van der Waals surface area contributed by atoms with Crippen LogP contribution in [0.4, 0.5) is 5.69 Å². The number of hydrogen-bond acceptors (Lipinski definition) is 5. The first-order valence-corrected chi connectivity index (χ1v) is 9.56. The van der Waals surface area contributed by atoms with E-state index in [-0.39, 0.29) is 30.5 Å². The van der Waals surface area contributed by atoms with Gasteiger partial charge in [-0.2, -0.15) is 0 Å². The predicted octanol–water partition coefficient (Wildman–Crippen LogP) is 0.890. The third-order valence-corrected chi connectivity index (χ3v) is 5.76. The number of aliphatic hydroxyl groups is 2. The number of amides is 1. The van der Waals surface area contributed by atoms with Gasteiger partial charge in [-0.3, -0.25) is 4.79 Å². The number of rotatable bonds is 5. The second-order valence-corrected chi connectivity index (χ2v) is 7.86. The van der Waals surface area contributed by atoms with Gasteiger partial charge < -0.3 is 24.9 Å². The van der Waals surface area contributed by atoms with Crippen molar-refractivity contribution in [2.75, 3.05) is 58.3 Å². The molecule has 1 amide bonds. The van der Waals surface area contributed by atoms with E-state index in [0.29, 0.717) is 13.1 Å². The van der Waals surface area contributed by atoms with Crippen LogP contribution in [0.5, 0.6) is 0 Å². The summed E-state index contributed by atoms with van der Waals surface area (Å²) in [5.74, 6) is 0.451. The van der Waals surface area contributed by atoms with Gasteiger partial charge in [0.05, 0.1) is 11.7 Å². The van der Waals surface area contributed by atoms with Gasteiger partial charge in [-0.05, 0) is 30.9 Å². The van der Waals surface area contributed by atoms with Crippen molar-refractivity contribution in [1.82, 2.24) is 9.80 Å². The third kappa shape index (κ3) is 4.19. The van der Waals surface area contributed by atoms with Gasteiger partial charge in [0, 0.05) is 65.0 Å². The lowest BCUT2D eigenvalue weighted by Gasteiger charge is -2.32. The number of likely N-dealkylation sites (tertiary alicyclic amines) is 2. The molecule has 2 aliphatic rings. The maximum atomic E-state index is 13.1. The van der Waals surface area contributed by atoms with Crippen molar-refractivity contribution in [3.05, 3.63) is 29.8 Å². The van der Waals surface area contributed by atoms with Gasteiger partial charge >= 0.3 is 0 Å². The van der Waals surface area contributed by atoms with Gasteiger partial charge in [-0.25, -0.2) is 0 Å². The standard InChI is InChI=1S/C20H31N3O3/c1-21(2)19-6-4-3-5-18(19)20(26)23-12-15(16(13-23)14-24)11-22-9-7-17(25)8-10-22/h3-6,15-17,24-25H,7-14H2,1-2H3/t15-,16-/m0/s1. The topological polar surface area (TPSA) is 67.2 Å². The second kappa shape index (κ2) is 8.37. The van der Waals surface area contributed by atoms with Crippen LogP contribution >= 0.6 is 0 Å². The molecule has 2 heterocycles. The molecule has 1 aromatic rings. The Bertz CT molecular complexity index is 614. The van der Waals surface area contributed by atoms with Crippen molar-refractivity contribution < 1.29 is 15.0 Å². The summed E-state index contributed by atoms with van der Waals surface area (Å²) in [5.41, 5.74) is 1.64. The van der Waals surface area contributed by atoms with Crippen molar-refractivity contribution >= 4 is 11.6 Å². The summed E-state index contributed by atoms with van der Waals surface area (Å²) < 4.78 is 0. The van der Waals surface area contributed by atoms with E-state index in [1.54, 1.807) is 0 Å². The summed E-state index contributed by atoms with van der Waals surface area (Å²) in [6.45, 7) is 4.08. The van der Waals surface area contributed by atoms with Crippen LogP contribution in [-0.2, 0) is 0 Å². The van der Waals surface area contributed by atoms with Gasteiger partial charge in [0.2, 0.25) is 0 Å². The Balaban J connectivity index is 1.67. The molecule has 1 aromatic carbocycles. The Morgan fingerprint density at radius 1 is 1.15 bits per heavy atom. The normalized spacial score (nSPS) is 24.8. The van der Waals surface area contributed by atoms with Crippen LogP contribution in [0.2, 0.25) is 0 Å². The molecule has 26 heavy (non-hydrogen) atoms. The van der Waals surface area contributed by atoms with Crippen LogP contribution in [-0.4, -0.2) is 85.5 Å². The number of aliphatic hydroxyl groups excluding tert-OH is 2. The molecular formula is C20H31N3O3. The SMILES string of the molecule is CN(C)c1ccccc1C(=O)N1C[C@@H](CO)[C@@H](CN2CCC(O)CC2)C1. The Labute approximate surface area is 156 Å². The molecule has 0 aromatic heterocycles. The van der Waals surface area contributed by atoms with E-state index in [1.165, 1.54) is 0 Å². The fourth-order valence-corrected chi connectivity index (χ4v) is 4.17. The van der Waals surface area contributed by atoms with Crippen molar-refractivity contribution in [2.45, 2.75) is 18.9 Å². The van der Waals surface area contributed by atoms with Gasteiger partial charge in [0.15, 0.2) is 0 Å². The molecule has 0 spiro atoms. The molecule has 2 atom stereocenters. The highest BCUT2D eigenvalue weighted by Crippen LogP contribution is 2.28. The van der Waals surface area contributed by atoms with Crippen LogP contribution in [0.25, 0.3) is 0 Å². The molecule has 2 saturated heterocycles. The molecule has 6 heteroatoms. The maximum absolute atomic E-state index is 13.1. The first-order chi connectivity index (χ1) is 12.5. The highest BCUT2D eigenvalue weighted by atomic mass is 16.3. The number of carbonyl (C=O) groups is 1. The average Bonchev–Trinajstić information content (AvgIpc) is 3.05. The molecule has 0 radical (unpaired) electrons. The van der Waals surface area contributed by atoms with Crippen molar-refractivity contribution in [3.63, 3.8) is 0 Å². The molecular weight excluding hydrogens is 330 g/mol. The molecule has 0 bridgehead atoms. The number of nitrogens with zero attached hydrogens (tertiary/aromatic N) is 3. The van der Waals surface area contributed by atoms with E-state index in [4.69, 9.17) is 0 Å². The highest BCUT2D eigenvalue weighted by molar-refractivity contribution is 5.99. The predicted molar refractivity (Wildman–Crippen MR) is 102 cm³/mol. The fourth-order valence-electron chi connectivity index (χ4n) is 4.17. The number of hydrogen-bond donors (Lipinski definition) is 2. The van der Waals surface area contributed by atoms with Gasteiger partial charge in [0.1, 0.15) is 0 Å². The van der Waals surface area contributed by atoms with Gasteiger partial charge in [-0.1, -0.05) is 12.1 Å². The second-order valence-electron chi connectivity index (χ2n) is 7.86. The minimum absolute atomic E-state index is 0.0457. The lowest BCUT2D eigenvalue weighted by Crippen LogP contribution is -2.40. The largest absolute Gasteiger partial charge is 0.396 e. The van der Waals surface area contributed by atoms with E-state index in [9.17, 15) is 15.0 Å². The molecule has 144 valence electrons. The zero-order chi connectivity index (χ0) is 18.7. The third-order valence-electron chi connectivity index (χ3n) is 5.76. The number of para-hydroxylation sites is 1. The summed E-state index contributed by atoms with van der Waals surface area (Å²) >= 11 is 0. The zero-order valence-electron chi connectivity index (χ0n) is 15.8. The lowest BCUT2D eigenvalue weighted by atomic mass is 9.95. The molecule has 0 saturated carbocycles. The number of carbonyl (C=O) groups excluding carboxylic acids is 1. The molecule has 2 fully saturated rings. The van der Waals surface area contributed by atoms with Crippen LogP contribution in [0, 0.1) is 11.8 Å². The Kier molecular flexibility index (Phi) is 6.16. The smallest absolute Gasteiger partial charge is 0.255 e. The van der Waals surface area contributed by atoms with Gasteiger partial charge in [0.25, 0.3) is 5.91 Å². The molecule has 2 N–H and O–H groups in total. The quantitative estimate of drug-likeness (QED) is 0.815. The van der Waals surface area contributed by atoms with Crippen LogP contribution < -0.4 is 4.90 Å². The van der Waals surface area contributed by atoms with Gasteiger partial charge in [-0.15, -0.1) is 0 Å². The summed E-state index contributed by atoms with van der Waals surface area (Å²) in [5, 5.41) is 19.5. The van der Waals surface area contributed by atoms with Crippen molar-refractivity contribution in [1.29, 1.82) is 0 Å². The first kappa shape index (κ1) is 19.1. The van der Waals surface area contributed by atoms with Crippen molar-refractivity contribution in [3.8, 4) is 0 Å².